The molecule has 0 spiro atoms. The van der Waals surface area contributed by atoms with Gasteiger partial charge in [-0.05, 0) is 57.3 Å². The fraction of sp³-hybridized carbons (Fsp3) is 0. The molecule has 0 atom stereocenters. The standard InChI is InChI=1S/C36H21N3/c1-2-10-23(11-3-1)35-36(38-29-19-5-4-18-28(29)37-35)39-30-20-8-16-26-24-14-6-12-22-13-7-15-25(32(22)24)27-17-9-21-31(39)34(27)33(26)30/h1-21H. The van der Waals surface area contributed by atoms with Crippen molar-refractivity contribution in [2.75, 3.05) is 0 Å². The lowest BCUT2D eigenvalue weighted by Gasteiger charge is -2.15. The van der Waals surface area contributed by atoms with E-state index in [0.717, 1.165) is 39.1 Å². The maximum Gasteiger partial charge on any atom is 0.165 e. The fourth-order valence-corrected chi connectivity index (χ4v) is 6.51. The molecular weight excluding hydrogens is 474 g/mol. The van der Waals surface area contributed by atoms with E-state index >= 15 is 0 Å². The van der Waals surface area contributed by atoms with Crippen LogP contribution in [0.2, 0.25) is 0 Å². The zero-order chi connectivity index (χ0) is 25.5. The molecule has 0 unspecified atom stereocenters. The Morgan fingerprint density at radius 2 is 0.923 bits per heavy atom. The summed E-state index contributed by atoms with van der Waals surface area (Å²) in [5, 5.41) is 5.11. The molecule has 3 heteroatoms. The highest BCUT2D eigenvalue weighted by atomic mass is 15.1. The second-order valence-electron chi connectivity index (χ2n) is 10.2. The number of hydrogen-bond acceptors (Lipinski definition) is 2. The number of rotatable bonds is 2. The van der Waals surface area contributed by atoms with E-state index in [0.29, 0.717) is 0 Å². The molecular formula is C36H21N3. The molecule has 1 aliphatic carbocycles. The summed E-state index contributed by atoms with van der Waals surface area (Å²) in [7, 11) is 0. The molecule has 3 nitrogen and oxygen atoms in total. The van der Waals surface area contributed by atoms with Crippen LogP contribution in [0, 0.1) is 0 Å². The van der Waals surface area contributed by atoms with E-state index in [4.69, 9.17) is 9.97 Å². The van der Waals surface area contributed by atoms with Crippen molar-refractivity contribution in [1.29, 1.82) is 0 Å². The Labute approximate surface area is 224 Å². The average Bonchev–Trinajstić information content (AvgIpc) is 3.28. The third kappa shape index (κ3) is 2.76. The Hall–Kier alpha value is -5.28. The maximum atomic E-state index is 5.28. The van der Waals surface area contributed by atoms with E-state index in [2.05, 4.69) is 102 Å². The van der Waals surface area contributed by atoms with Crippen LogP contribution in [0.4, 0.5) is 0 Å². The van der Waals surface area contributed by atoms with Crippen molar-refractivity contribution in [1.82, 2.24) is 14.5 Å². The summed E-state index contributed by atoms with van der Waals surface area (Å²) >= 11 is 0. The molecule has 0 fully saturated rings. The van der Waals surface area contributed by atoms with Gasteiger partial charge in [-0.25, -0.2) is 9.97 Å². The average molecular weight is 496 g/mol. The molecule has 2 aromatic heterocycles. The van der Waals surface area contributed by atoms with Crippen LogP contribution in [0.15, 0.2) is 127 Å². The first kappa shape index (κ1) is 20.7. The summed E-state index contributed by atoms with van der Waals surface area (Å²) < 4.78 is 2.33. The third-order valence-corrected chi connectivity index (χ3v) is 8.11. The van der Waals surface area contributed by atoms with Gasteiger partial charge in [0, 0.05) is 16.3 Å². The molecule has 0 saturated carbocycles. The topological polar surface area (TPSA) is 30.7 Å². The van der Waals surface area contributed by atoms with Crippen LogP contribution in [0.1, 0.15) is 0 Å². The molecule has 0 saturated heterocycles. The van der Waals surface area contributed by atoms with Gasteiger partial charge in [0.05, 0.1) is 22.1 Å². The maximum absolute atomic E-state index is 5.28. The molecule has 180 valence electrons. The number of nitrogens with zero attached hydrogens (tertiary/aromatic N) is 3. The van der Waals surface area contributed by atoms with Gasteiger partial charge >= 0.3 is 0 Å². The minimum Gasteiger partial charge on any atom is -0.292 e. The zero-order valence-electron chi connectivity index (χ0n) is 21.0. The Morgan fingerprint density at radius 1 is 0.410 bits per heavy atom. The van der Waals surface area contributed by atoms with Crippen molar-refractivity contribution >= 4 is 43.6 Å². The van der Waals surface area contributed by atoms with E-state index in [1.807, 2.05) is 30.3 Å². The van der Waals surface area contributed by atoms with Crippen LogP contribution >= 0.6 is 0 Å². The van der Waals surface area contributed by atoms with Gasteiger partial charge in [0.15, 0.2) is 5.82 Å². The Kier molecular flexibility index (Phi) is 4.05. The van der Waals surface area contributed by atoms with Crippen LogP contribution < -0.4 is 0 Å². The van der Waals surface area contributed by atoms with E-state index in [1.165, 1.54) is 43.8 Å². The first-order valence-corrected chi connectivity index (χ1v) is 13.3. The molecule has 9 rings (SSSR count). The van der Waals surface area contributed by atoms with Crippen LogP contribution in [0.25, 0.3) is 82.9 Å². The van der Waals surface area contributed by atoms with Crippen molar-refractivity contribution in [3.8, 4) is 39.3 Å². The van der Waals surface area contributed by atoms with Crippen LogP contribution in [0.3, 0.4) is 0 Å². The number of para-hydroxylation sites is 2. The second-order valence-corrected chi connectivity index (χ2v) is 10.2. The van der Waals surface area contributed by atoms with Crippen molar-refractivity contribution in [3.05, 3.63) is 127 Å². The molecule has 0 aliphatic heterocycles. The van der Waals surface area contributed by atoms with Gasteiger partial charge < -0.3 is 0 Å². The predicted molar refractivity (Wildman–Crippen MR) is 161 cm³/mol. The van der Waals surface area contributed by atoms with Crippen LogP contribution in [0.5, 0.6) is 0 Å². The number of hydrogen-bond donors (Lipinski definition) is 0. The highest BCUT2D eigenvalue weighted by Crippen LogP contribution is 2.49. The smallest absolute Gasteiger partial charge is 0.165 e. The summed E-state index contributed by atoms with van der Waals surface area (Å²) in [4.78, 5) is 10.5. The minimum atomic E-state index is 0.848. The van der Waals surface area contributed by atoms with Gasteiger partial charge in [0.2, 0.25) is 0 Å². The number of aromatic nitrogens is 3. The predicted octanol–water partition coefficient (Wildman–Crippen LogP) is 9.19. The lowest BCUT2D eigenvalue weighted by Crippen LogP contribution is -2.03. The summed E-state index contributed by atoms with van der Waals surface area (Å²) in [6.45, 7) is 0. The fourth-order valence-electron chi connectivity index (χ4n) is 6.51. The first-order valence-electron chi connectivity index (χ1n) is 13.3. The number of benzene rings is 6. The first-order chi connectivity index (χ1) is 19.4. The van der Waals surface area contributed by atoms with Gasteiger partial charge in [-0.1, -0.05) is 103 Å². The Morgan fingerprint density at radius 3 is 1.54 bits per heavy atom. The van der Waals surface area contributed by atoms with E-state index in [-0.39, 0.29) is 0 Å². The highest BCUT2D eigenvalue weighted by molar-refractivity contribution is 6.27. The van der Waals surface area contributed by atoms with E-state index in [9.17, 15) is 0 Å². The molecule has 0 amide bonds. The zero-order valence-corrected chi connectivity index (χ0v) is 21.0. The molecule has 0 radical (unpaired) electrons. The molecule has 0 N–H and O–H groups in total. The summed E-state index contributed by atoms with van der Waals surface area (Å²) in [5.74, 6) is 0.848. The normalized spacial score (nSPS) is 12.1. The van der Waals surface area contributed by atoms with Gasteiger partial charge in [0.25, 0.3) is 0 Å². The van der Waals surface area contributed by atoms with Crippen molar-refractivity contribution < 1.29 is 0 Å². The van der Waals surface area contributed by atoms with Crippen LogP contribution in [-0.4, -0.2) is 14.5 Å². The molecule has 6 aromatic carbocycles. The third-order valence-electron chi connectivity index (χ3n) is 8.11. The van der Waals surface area contributed by atoms with Gasteiger partial charge in [0.1, 0.15) is 5.69 Å². The van der Waals surface area contributed by atoms with Crippen molar-refractivity contribution in [3.63, 3.8) is 0 Å². The lowest BCUT2D eigenvalue weighted by molar-refractivity contribution is 1.08. The summed E-state index contributed by atoms with van der Waals surface area (Å²) in [6.07, 6.45) is 0. The molecule has 39 heavy (non-hydrogen) atoms. The quantitative estimate of drug-likeness (QED) is 0.239. The lowest BCUT2D eigenvalue weighted by atomic mass is 9.93. The van der Waals surface area contributed by atoms with Crippen LogP contribution in [-0.2, 0) is 0 Å². The van der Waals surface area contributed by atoms with Crippen molar-refractivity contribution in [2.45, 2.75) is 0 Å². The highest BCUT2D eigenvalue weighted by Gasteiger charge is 2.26. The second kappa shape index (κ2) is 7.62. The largest absolute Gasteiger partial charge is 0.292 e. The minimum absolute atomic E-state index is 0.848. The summed E-state index contributed by atoms with van der Waals surface area (Å²) in [5.41, 5.74) is 11.1. The molecule has 1 aliphatic rings. The van der Waals surface area contributed by atoms with E-state index < -0.39 is 0 Å². The SMILES string of the molecule is c1ccc(-c2nc3ccccc3nc2-n2c3cccc4c3c3c(cccc32)-c2cccc3cccc-4c23)cc1. The molecule has 2 heterocycles. The van der Waals surface area contributed by atoms with Gasteiger partial charge in [-0.15, -0.1) is 0 Å². The molecule has 0 bridgehead atoms. The Balaban J connectivity index is 1.50. The summed E-state index contributed by atoms with van der Waals surface area (Å²) in [6, 6.07) is 45.2. The monoisotopic (exact) mass is 495 g/mol. The number of fused-ring (bicyclic) bond motifs is 3. The van der Waals surface area contributed by atoms with E-state index in [1.54, 1.807) is 0 Å². The van der Waals surface area contributed by atoms with Gasteiger partial charge in [-0.2, -0.15) is 0 Å². The van der Waals surface area contributed by atoms with Crippen molar-refractivity contribution in [2.24, 2.45) is 0 Å². The van der Waals surface area contributed by atoms with Gasteiger partial charge in [-0.3, -0.25) is 4.57 Å². The molecule has 8 aromatic rings. The Bertz CT molecular complexity index is 2180.